The van der Waals surface area contributed by atoms with Gasteiger partial charge >= 0.3 is 5.97 Å². The molecule has 1 unspecified atom stereocenters. The first-order valence-electron chi connectivity index (χ1n) is 7.12. The van der Waals surface area contributed by atoms with Crippen LogP contribution < -0.4 is 4.74 Å². The van der Waals surface area contributed by atoms with Crippen molar-refractivity contribution in [1.82, 2.24) is 5.06 Å². The molecule has 1 aliphatic rings. The van der Waals surface area contributed by atoms with Gasteiger partial charge in [-0.15, -0.1) is 5.06 Å². The SMILES string of the molecule is N=Nc1c(F)cc(OCCCC(=O)ON2C(=O)CCC2O)cc1F. The number of nitrogens with zero attached hydrogens (tertiary/aromatic N) is 2. The molecule has 1 aromatic carbocycles. The first kappa shape index (κ1) is 17.7. The Hall–Kier alpha value is -2.62. The third-order valence-electron chi connectivity index (χ3n) is 3.23. The van der Waals surface area contributed by atoms with Gasteiger partial charge in [-0.2, -0.15) is 5.11 Å². The number of hydrogen-bond donors (Lipinski definition) is 2. The Morgan fingerprint density at radius 1 is 1.42 bits per heavy atom. The van der Waals surface area contributed by atoms with Crippen molar-refractivity contribution in [2.45, 2.75) is 31.9 Å². The second-order valence-corrected chi connectivity index (χ2v) is 5.00. The van der Waals surface area contributed by atoms with E-state index in [0.717, 1.165) is 12.1 Å². The highest BCUT2D eigenvalue weighted by Crippen LogP contribution is 2.27. The molecular formula is C14H15F2N3O5. The van der Waals surface area contributed by atoms with E-state index >= 15 is 0 Å². The number of amides is 1. The van der Waals surface area contributed by atoms with Crippen LogP contribution in [0.5, 0.6) is 5.75 Å². The van der Waals surface area contributed by atoms with Gasteiger partial charge in [-0.25, -0.2) is 19.1 Å². The predicted molar refractivity (Wildman–Crippen MR) is 74.1 cm³/mol. The molecule has 1 aliphatic heterocycles. The van der Waals surface area contributed by atoms with E-state index in [1.807, 2.05) is 0 Å². The van der Waals surface area contributed by atoms with Gasteiger partial charge in [0, 0.05) is 25.0 Å². The van der Waals surface area contributed by atoms with Crippen molar-refractivity contribution in [1.29, 1.82) is 5.53 Å². The molecule has 0 radical (unpaired) electrons. The summed E-state index contributed by atoms with van der Waals surface area (Å²) in [5.41, 5.74) is 5.93. The summed E-state index contributed by atoms with van der Waals surface area (Å²) in [7, 11) is 0. The van der Waals surface area contributed by atoms with E-state index in [2.05, 4.69) is 5.11 Å². The van der Waals surface area contributed by atoms with Crippen molar-refractivity contribution < 1.29 is 33.1 Å². The summed E-state index contributed by atoms with van der Waals surface area (Å²) in [5.74, 6) is -3.36. The lowest BCUT2D eigenvalue weighted by atomic mass is 10.2. The first-order valence-corrected chi connectivity index (χ1v) is 7.12. The second kappa shape index (κ2) is 7.77. The van der Waals surface area contributed by atoms with Crippen molar-refractivity contribution >= 4 is 17.6 Å². The second-order valence-electron chi connectivity index (χ2n) is 5.00. The number of aliphatic hydroxyl groups excluding tert-OH is 1. The Morgan fingerprint density at radius 2 is 2.08 bits per heavy atom. The maximum absolute atomic E-state index is 13.4. The van der Waals surface area contributed by atoms with Crippen molar-refractivity contribution in [3.8, 4) is 5.75 Å². The van der Waals surface area contributed by atoms with Crippen molar-refractivity contribution in [2.75, 3.05) is 6.61 Å². The lowest BCUT2D eigenvalue weighted by Crippen LogP contribution is -2.35. The normalized spacial score (nSPS) is 17.0. The van der Waals surface area contributed by atoms with Crippen LogP contribution in [0.25, 0.3) is 0 Å². The quantitative estimate of drug-likeness (QED) is 0.582. The van der Waals surface area contributed by atoms with E-state index in [1.165, 1.54) is 0 Å². The van der Waals surface area contributed by atoms with E-state index in [1.54, 1.807) is 0 Å². The summed E-state index contributed by atoms with van der Waals surface area (Å²) in [6.07, 6.45) is -0.765. The van der Waals surface area contributed by atoms with Gasteiger partial charge in [0.05, 0.1) is 13.0 Å². The summed E-state index contributed by atoms with van der Waals surface area (Å²) in [4.78, 5) is 27.6. The van der Waals surface area contributed by atoms with Gasteiger partial charge in [-0.3, -0.25) is 4.79 Å². The molecule has 0 saturated carbocycles. The first-order chi connectivity index (χ1) is 11.4. The lowest BCUT2D eigenvalue weighted by molar-refractivity contribution is -0.220. The van der Waals surface area contributed by atoms with E-state index in [4.69, 9.17) is 15.1 Å². The van der Waals surface area contributed by atoms with E-state index < -0.39 is 35.4 Å². The smallest absolute Gasteiger partial charge is 0.332 e. The minimum absolute atomic E-state index is 0.0259. The Bertz CT molecular complexity index is 632. The molecule has 0 aliphatic carbocycles. The number of carbonyl (C=O) groups excluding carboxylic acids is 2. The van der Waals surface area contributed by atoms with Crippen LogP contribution in [0.1, 0.15) is 25.7 Å². The summed E-state index contributed by atoms with van der Waals surface area (Å²) in [5, 5.41) is 12.8. The minimum atomic E-state index is -1.13. The number of hydroxylamine groups is 2. The maximum Gasteiger partial charge on any atom is 0.332 e. The number of benzene rings is 1. The number of aliphatic hydroxyl groups is 1. The maximum atomic E-state index is 13.4. The van der Waals surface area contributed by atoms with Crippen LogP contribution in [0.15, 0.2) is 17.2 Å². The van der Waals surface area contributed by atoms with E-state index in [-0.39, 0.29) is 38.0 Å². The molecule has 130 valence electrons. The standard InChI is InChI=1S/C14H15F2N3O5/c15-9-6-8(7-10(16)14(9)18-17)23-5-1-2-13(22)24-19-11(20)3-4-12(19)21/h6-7,11,17,20H,1-5H2. The highest BCUT2D eigenvalue weighted by atomic mass is 19.1. The van der Waals surface area contributed by atoms with Crippen molar-refractivity contribution in [2.24, 2.45) is 5.11 Å². The lowest BCUT2D eigenvalue weighted by Gasteiger charge is -2.18. The fraction of sp³-hybridized carbons (Fsp3) is 0.429. The Labute approximate surface area is 135 Å². The number of carbonyl (C=O) groups is 2. The molecule has 2 rings (SSSR count). The molecule has 0 spiro atoms. The largest absolute Gasteiger partial charge is 0.493 e. The van der Waals surface area contributed by atoms with Crippen LogP contribution in [0, 0.1) is 17.2 Å². The van der Waals surface area contributed by atoms with Crippen LogP contribution >= 0.6 is 0 Å². The zero-order valence-electron chi connectivity index (χ0n) is 12.5. The molecule has 1 fully saturated rings. The molecule has 1 heterocycles. The Morgan fingerprint density at radius 3 is 2.62 bits per heavy atom. The molecule has 10 heteroatoms. The number of ether oxygens (including phenoxy) is 1. The van der Waals surface area contributed by atoms with Gasteiger partial charge in [-0.1, -0.05) is 0 Å². The Kier molecular flexibility index (Phi) is 5.74. The third-order valence-corrected chi connectivity index (χ3v) is 3.23. The molecule has 1 saturated heterocycles. The number of hydrogen-bond acceptors (Lipinski definition) is 7. The molecule has 1 aromatic rings. The van der Waals surface area contributed by atoms with Crippen molar-refractivity contribution in [3.63, 3.8) is 0 Å². The summed E-state index contributed by atoms with van der Waals surface area (Å²) < 4.78 is 31.9. The number of halogens is 2. The molecular weight excluding hydrogens is 328 g/mol. The monoisotopic (exact) mass is 343 g/mol. The molecule has 8 nitrogen and oxygen atoms in total. The van der Waals surface area contributed by atoms with Gasteiger partial charge in [0.2, 0.25) is 0 Å². The van der Waals surface area contributed by atoms with Crippen LogP contribution in [0.4, 0.5) is 14.5 Å². The molecule has 1 amide bonds. The number of rotatable bonds is 7. The molecule has 0 bridgehead atoms. The average molecular weight is 343 g/mol. The summed E-state index contributed by atoms with van der Waals surface area (Å²) in [6, 6.07) is 1.77. The molecule has 1 atom stereocenters. The minimum Gasteiger partial charge on any atom is -0.493 e. The molecule has 2 N–H and O–H groups in total. The average Bonchev–Trinajstić information content (AvgIpc) is 2.83. The summed E-state index contributed by atoms with van der Waals surface area (Å²) >= 11 is 0. The van der Waals surface area contributed by atoms with E-state index in [0.29, 0.717) is 5.06 Å². The van der Waals surface area contributed by atoms with Crippen LogP contribution in [-0.4, -0.2) is 34.9 Å². The topological polar surface area (TPSA) is 112 Å². The fourth-order valence-corrected chi connectivity index (χ4v) is 2.05. The number of nitrogens with one attached hydrogen (secondary N) is 1. The molecule has 0 aromatic heterocycles. The highest BCUT2D eigenvalue weighted by molar-refractivity contribution is 5.79. The van der Waals surface area contributed by atoms with E-state index in [9.17, 15) is 23.5 Å². The fourth-order valence-electron chi connectivity index (χ4n) is 2.05. The highest BCUT2D eigenvalue weighted by Gasteiger charge is 2.32. The van der Waals surface area contributed by atoms with Crippen LogP contribution in [-0.2, 0) is 14.4 Å². The predicted octanol–water partition coefficient (Wildman–Crippen LogP) is 2.19. The zero-order chi connectivity index (χ0) is 17.7. The van der Waals surface area contributed by atoms with Gasteiger partial charge in [0.25, 0.3) is 5.91 Å². The van der Waals surface area contributed by atoms with Crippen molar-refractivity contribution in [3.05, 3.63) is 23.8 Å². The van der Waals surface area contributed by atoms with Gasteiger partial charge in [-0.05, 0) is 6.42 Å². The summed E-state index contributed by atoms with van der Waals surface area (Å²) in [6.45, 7) is -0.0259. The van der Waals surface area contributed by atoms with Gasteiger partial charge in [0.1, 0.15) is 5.75 Å². The zero-order valence-corrected chi connectivity index (χ0v) is 12.5. The third kappa shape index (κ3) is 4.22. The molecule has 24 heavy (non-hydrogen) atoms. The van der Waals surface area contributed by atoms with Gasteiger partial charge in [0.15, 0.2) is 23.5 Å². The van der Waals surface area contributed by atoms with Gasteiger partial charge < -0.3 is 14.7 Å². The Balaban J connectivity index is 1.76. The van der Waals surface area contributed by atoms with Crippen LogP contribution in [0.3, 0.4) is 0 Å². The van der Waals surface area contributed by atoms with Crippen LogP contribution in [0.2, 0.25) is 0 Å².